The molecular formula is C11H14BrClO4S. The molecule has 2 atom stereocenters. The van der Waals surface area contributed by atoms with Gasteiger partial charge in [-0.25, -0.2) is 8.42 Å². The van der Waals surface area contributed by atoms with E-state index in [1.165, 1.54) is 14.0 Å². The van der Waals surface area contributed by atoms with Crippen LogP contribution in [0.15, 0.2) is 24.3 Å². The van der Waals surface area contributed by atoms with Gasteiger partial charge in [0.15, 0.2) is 9.84 Å². The van der Waals surface area contributed by atoms with Crippen LogP contribution in [0.1, 0.15) is 18.6 Å². The minimum absolute atomic E-state index is 0.172. The summed E-state index contributed by atoms with van der Waals surface area (Å²) in [5, 5.41) is 10.1. The molecule has 102 valence electrons. The zero-order chi connectivity index (χ0) is 14.0. The molecule has 0 aromatic heterocycles. The summed E-state index contributed by atoms with van der Waals surface area (Å²) < 4.78 is 26.6. The minimum atomic E-state index is -3.66. The summed E-state index contributed by atoms with van der Waals surface area (Å²) in [6, 6.07) is 6.37. The van der Waals surface area contributed by atoms with Crippen molar-refractivity contribution in [3.8, 4) is 5.75 Å². The van der Waals surface area contributed by atoms with Crippen LogP contribution < -0.4 is 4.74 Å². The van der Waals surface area contributed by atoms with Gasteiger partial charge >= 0.3 is 0 Å². The largest absolute Gasteiger partial charge is 0.497 e. The van der Waals surface area contributed by atoms with Crippen molar-refractivity contribution in [1.29, 1.82) is 0 Å². The Morgan fingerprint density at radius 3 is 2.33 bits per heavy atom. The van der Waals surface area contributed by atoms with Gasteiger partial charge in [0.1, 0.15) is 11.9 Å². The molecule has 1 N–H and O–H groups in total. The van der Waals surface area contributed by atoms with Crippen molar-refractivity contribution >= 4 is 37.4 Å². The number of benzene rings is 1. The molecule has 0 aliphatic carbocycles. The molecule has 1 aromatic carbocycles. The molecule has 1 aromatic rings. The molecular weight excluding hydrogens is 344 g/mol. The highest BCUT2D eigenvalue weighted by Gasteiger charge is 2.45. The minimum Gasteiger partial charge on any atom is -0.497 e. The summed E-state index contributed by atoms with van der Waals surface area (Å²) in [4.78, 5) is 0. The van der Waals surface area contributed by atoms with E-state index in [0.29, 0.717) is 11.3 Å². The molecule has 7 heteroatoms. The van der Waals surface area contributed by atoms with E-state index in [4.69, 9.17) is 16.3 Å². The molecule has 1 rings (SSSR count). The standard InChI is InChI=1S/C11H14BrClO4S/c1-3-18(15,16)11(12,13)10(14)8-4-6-9(17-2)7-5-8/h4-7,10,14H,3H2,1-2H3/t10-,11-/m0/s1. The van der Waals surface area contributed by atoms with E-state index in [1.54, 1.807) is 24.3 Å². The van der Waals surface area contributed by atoms with Crippen LogP contribution in [0.3, 0.4) is 0 Å². The Bertz CT molecular complexity index is 498. The maximum atomic E-state index is 11.8. The third kappa shape index (κ3) is 2.99. The van der Waals surface area contributed by atoms with Gasteiger partial charge < -0.3 is 9.84 Å². The van der Waals surface area contributed by atoms with Crippen LogP contribution in [-0.2, 0) is 9.84 Å². The number of ether oxygens (including phenoxy) is 1. The Kier molecular flexibility index (Phi) is 5.05. The van der Waals surface area contributed by atoms with Gasteiger partial charge in [-0.05, 0) is 33.6 Å². The number of rotatable bonds is 5. The molecule has 0 amide bonds. The van der Waals surface area contributed by atoms with Crippen LogP contribution in [0.2, 0.25) is 0 Å². The molecule has 0 heterocycles. The first kappa shape index (κ1) is 15.8. The Balaban J connectivity index is 3.09. The summed E-state index contributed by atoms with van der Waals surface area (Å²) in [6.07, 6.45) is -1.38. The van der Waals surface area contributed by atoms with E-state index in [0.717, 1.165) is 0 Å². The Morgan fingerprint density at radius 2 is 1.94 bits per heavy atom. The van der Waals surface area contributed by atoms with Crippen LogP contribution in [0.4, 0.5) is 0 Å². The maximum absolute atomic E-state index is 11.8. The summed E-state index contributed by atoms with van der Waals surface area (Å²) >= 11 is 8.83. The predicted molar refractivity (Wildman–Crippen MR) is 74.9 cm³/mol. The lowest BCUT2D eigenvalue weighted by atomic mass is 10.1. The van der Waals surface area contributed by atoms with Gasteiger partial charge in [-0.15, -0.1) is 0 Å². The average Bonchev–Trinajstić information content (AvgIpc) is 2.37. The van der Waals surface area contributed by atoms with Crippen LogP contribution >= 0.6 is 27.5 Å². The van der Waals surface area contributed by atoms with Crippen molar-refractivity contribution in [2.75, 3.05) is 12.9 Å². The van der Waals surface area contributed by atoms with Crippen LogP contribution in [-0.4, -0.2) is 29.5 Å². The first-order chi connectivity index (χ1) is 8.26. The lowest BCUT2D eigenvalue weighted by molar-refractivity contribution is 0.185. The molecule has 18 heavy (non-hydrogen) atoms. The van der Waals surface area contributed by atoms with Crippen LogP contribution in [0.5, 0.6) is 5.75 Å². The molecule has 0 spiro atoms. The molecule has 0 fully saturated rings. The third-order valence-electron chi connectivity index (χ3n) is 2.54. The Labute approximate surface area is 120 Å². The van der Waals surface area contributed by atoms with Crippen LogP contribution in [0, 0.1) is 0 Å². The number of methoxy groups -OCH3 is 1. The summed E-state index contributed by atoms with van der Waals surface area (Å²) in [6.45, 7) is 1.47. The molecule has 0 saturated heterocycles. The number of sulfone groups is 1. The highest BCUT2D eigenvalue weighted by atomic mass is 79.9. The highest BCUT2D eigenvalue weighted by Crippen LogP contribution is 2.43. The number of halogens is 2. The van der Waals surface area contributed by atoms with E-state index in [1.807, 2.05) is 0 Å². The summed E-state index contributed by atoms with van der Waals surface area (Å²) in [5.41, 5.74) is 0.389. The van der Waals surface area contributed by atoms with Gasteiger partial charge in [0, 0.05) is 0 Å². The van der Waals surface area contributed by atoms with E-state index >= 15 is 0 Å². The monoisotopic (exact) mass is 356 g/mol. The topological polar surface area (TPSA) is 63.6 Å². The van der Waals surface area contributed by atoms with Gasteiger partial charge in [0.05, 0.1) is 12.9 Å². The number of aliphatic hydroxyl groups is 1. The fourth-order valence-electron chi connectivity index (χ4n) is 1.34. The van der Waals surface area contributed by atoms with Gasteiger partial charge in [-0.1, -0.05) is 30.7 Å². The SMILES string of the molecule is CCS(=O)(=O)[C@](Cl)(Br)[C@@H](O)c1ccc(OC)cc1. The van der Waals surface area contributed by atoms with Crippen molar-refractivity contribution in [1.82, 2.24) is 0 Å². The van der Waals surface area contributed by atoms with Crippen molar-refractivity contribution in [2.45, 2.75) is 16.1 Å². The number of alkyl halides is 2. The smallest absolute Gasteiger partial charge is 0.229 e. The zero-order valence-corrected chi connectivity index (χ0v) is 13.1. The fraction of sp³-hybridized carbons (Fsp3) is 0.455. The summed E-state index contributed by atoms with van der Waals surface area (Å²) in [7, 11) is -2.14. The molecule has 0 aliphatic heterocycles. The van der Waals surface area contributed by atoms with E-state index in [9.17, 15) is 13.5 Å². The lowest BCUT2D eigenvalue weighted by Gasteiger charge is -2.25. The molecule has 0 saturated carbocycles. The Hall–Kier alpha value is -0.300. The maximum Gasteiger partial charge on any atom is 0.229 e. The van der Waals surface area contributed by atoms with Crippen molar-refractivity contribution < 1.29 is 18.3 Å². The van der Waals surface area contributed by atoms with Crippen molar-refractivity contribution in [2.24, 2.45) is 0 Å². The quantitative estimate of drug-likeness (QED) is 0.822. The first-order valence-electron chi connectivity index (χ1n) is 5.18. The average molecular weight is 358 g/mol. The first-order valence-corrected chi connectivity index (χ1v) is 8.00. The highest BCUT2D eigenvalue weighted by molar-refractivity contribution is 9.12. The predicted octanol–water partition coefficient (Wildman–Crippen LogP) is 2.45. The second-order valence-electron chi connectivity index (χ2n) is 3.64. The zero-order valence-electron chi connectivity index (χ0n) is 9.93. The second kappa shape index (κ2) is 5.77. The fourth-order valence-corrected chi connectivity index (χ4v) is 3.61. The van der Waals surface area contributed by atoms with Gasteiger partial charge in [0.25, 0.3) is 0 Å². The normalized spacial score (nSPS) is 16.9. The van der Waals surface area contributed by atoms with E-state index in [2.05, 4.69) is 15.9 Å². The molecule has 0 radical (unpaired) electrons. The van der Waals surface area contributed by atoms with Crippen molar-refractivity contribution in [3.05, 3.63) is 29.8 Å². The van der Waals surface area contributed by atoms with Crippen LogP contribution in [0.25, 0.3) is 0 Å². The molecule has 0 aliphatic rings. The number of aliphatic hydroxyl groups excluding tert-OH is 1. The van der Waals surface area contributed by atoms with Crippen molar-refractivity contribution in [3.63, 3.8) is 0 Å². The molecule has 0 unspecified atom stereocenters. The summed E-state index contributed by atoms with van der Waals surface area (Å²) in [5.74, 6) is 0.439. The van der Waals surface area contributed by atoms with Gasteiger partial charge in [0.2, 0.25) is 3.12 Å². The third-order valence-corrected chi connectivity index (χ3v) is 7.18. The van der Waals surface area contributed by atoms with E-state index < -0.39 is 19.1 Å². The second-order valence-corrected chi connectivity index (χ2v) is 9.14. The van der Waals surface area contributed by atoms with E-state index in [-0.39, 0.29) is 5.75 Å². The number of hydrogen-bond acceptors (Lipinski definition) is 4. The molecule has 4 nitrogen and oxygen atoms in total. The van der Waals surface area contributed by atoms with Gasteiger partial charge in [-0.2, -0.15) is 0 Å². The molecule has 0 bridgehead atoms. The lowest BCUT2D eigenvalue weighted by Crippen LogP contribution is -2.34. The van der Waals surface area contributed by atoms with Gasteiger partial charge in [-0.3, -0.25) is 0 Å². The Morgan fingerprint density at radius 1 is 1.44 bits per heavy atom. The number of hydrogen-bond donors (Lipinski definition) is 1.